The highest BCUT2D eigenvalue weighted by Crippen LogP contribution is 2.32. The number of hydrogen-bond donors (Lipinski definition) is 1. The van der Waals surface area contributed by atoms with E-state index in [4.69, 9.17) is 34.8 Å². The molecule has 3 aromatic rings. The van der Waals surface area contributed by atoms with Crippen molar-refractivity contribution in [2.45, 2.75) is 37.1 Å². The Balaban J connectivity index is 1.70. The molecular weight excluding hydrogens is 457 g/mol. The fourth-order valence-electron chi connectivity index (χ4n) is 3.25. The average molecular weight is 473 g/mol. The summed E-state index contributed by atoms with van der Waals surface area (Å²) in [6.45, 7) is 0.802. The zero-order chi connectivity index (χ0) is 20.6. The lowest BCUT2D eigenvalue weighted by atomic mass is 10.2. The molecule has 0 atom stereocenters. The first-order valence-corrected chi connectivity index (χ1v) is 11.5. The van der Waals surface area contributed by atoms with Crippen LogP contribution < -0.4 is 4.72 Å². The van der Waals surface area contributed by atoms with Crippen molar-refractivity contribution < 1.29 is 8.42 Å². The van der Waals surface area contributed by atoms with Gasteiger partial charge in [0.1, 0.15) is 15.9 Å². The number of anilines is 1. The molecule has 3 heterocycles. The molecule has 29 heavy (non-hydrogen) atoms. The molecule has 7 nitrogen and oxygen atoms in total. The molecule has 0 saturated heterocycles. The van der Waals surface area contributed by atoms with Crippen molar-refractivity contribution in [3.8, 4) is 11.4 Å². The standard InChI is InChI=1S/C18H16Cl3N5O2S/c19-13-6-5-11(25-29(27,28)14-7-8-15(20)22-17(14)21)10-12(13)18-24-23-16-4-2-1-3-9-26(16)18/h5-8,10,25H,1-4,9H2. The molecular formula is C18H16Cl3N5O2S. The van der Waals surface area contributed by atoms with Gasteiger partial charge in [0, 0.05) is 24.2 Å². The van der Waals surface area contributed by atoms with E-state index in [2.05, 4.69) is 19.9 Å². The zero-order valence-electron chi connectivity index (χ0n) is 15.1. The van der Waals surface area contributed by atoms with Crippen molar-refractivity contribution in [2.75, 3.05) is 4.72 Å². The quantitative estimate of drug-likeness (QED) is 0.549. The number of nitrogens with one attached hydrogen (secondary N) is 1. The lowest BCUT2D eigenvalue weighted by molar-refractivity contribution is 0.601. The Hall–Kier alpha value is -1.87. The van der Waals surface area contributed by atoms with Crippen molar-refractivity contribution in [1.82, 2.24) is 19.7 Å². The first kappa shape index (κ1) is 20.4. The summed E-state index contributed by atoms with van der Waals surface area (Å²) in [4.78, 5) is 3.61. The molecule has 1 N–H and O–H groups in total. The van der Waals surface area contributed by atoms with E-state index in [1.165, 1.54) is 12.1 Å². The van der Waals surface area contributed by atoms with E-state index >= 15 is 0 Å². The molecule has 11 heteroatoms. The Morgan fingerprint density at radius 2 is 1.83 bits per heavy atom. The zero-order valence-corrected chi connectivity index (χ0v) is 18.2. The summed E-state index contributed by atoms with van der Waals surface area (Å²) >= 11 is 18.1. The van der Waals surface area contributed by atoms with Crippen molar-refractivity contribution >= 4 is 50.5 Å². The number of sulfonamides is 1. The first-order valence-electron chi connectivity index (χ1n) is 8.92. The Morgan fingerprint density at radius 1 is 1.00 bits per heavy atom. The number of aryl methyl sites for hydroxylation is 1. The maximum absolute atomic E-state index is 12.7. The summed E-state index contributed by atoms with van der Waals surface area (Å²) in [5, 5.41) is 8.94. The van der Waals surface area contributed by atoms with Crippen LogP contribution in [0.1, 0.15) is 25.1 Å². The minimum atomic E-state index is -3.97. The monoisotopic (exact) mass is 471 g/mol. The molecule has 1 aliphatic rings. The molecule has 4 rings (SSSR count). The van der Waals surface area contributed by atoms with E-state index in [1.54, 1.807) is 18.2 Å². The second kappa shape index (κ2) is 8.10. The van der Waals surface area contributed by atoms with Crippen LogP contribution in [-0.4, -0.2) is 28.2 Å². The third-order valence-electron chi connectivity index (χ3n) is 4.64. The lowest BCUT2D eigenvalue weighted by Gasteiger charge is -2.12. The molecule has 1 aromatic carbocycles. The molecule has 0 amide bonds. The maximum atomic E-state index is 12.7. The number of aromatic nitrogens is 4. The van der Waals surface area contributed by atoms with E-state index in [1.807, 2.05) is 4.57 Å². The van der Waals surface area contributed by atoms with Crippen LogP contribution in [0.25, 0.3) is 11.4 Å². The van der Waals surface area contributed by atoms with Gasteiger partial charge in [-0.3, -0.25) is 4.72 Å². The van der Waals surface area contributed by atoms with Crippen LogP contribution in [0.15, 0.2) is 35.2 Å². The van der Waals surface area contributed by atoms with Gasteiger partial charge >= 0.3 is 0 Å². The highest BCUT2D eigenvalue weighted by molar-refractivity contribution is 7.92. The van der Waals surface area contributed by atoms with Gasteiger partial charge in [0.05, 0.1) is 5.02 Å². The third-order valence-corrected chi connectivity index (χ3v) is 6.99. The predicted molar refractivity (Wildman–Crippen MR) is 113 cm³/mol. The second-order valence-electron chi connectivity index (χ2n) is 6.63. The number of pyridine rings is 1. The SMILES string of the molecule is O=S(=O)(Nc1ccc(Cl)c(-c2nnc3n2CCCCC3)c1)c1ccc(Cl)nc1Cl. The highest BCUT2D eigenvalue weighted by atomic mass is 35.5. The Bertz CT molecular complexity index is 1180. The number of fused-ring (bicyclic) bond motifs is 1. The summed E-state index contributed by atoms with van der Waals surface area (Å²) in [7, 11) is -3.97. The van der Waals surface area contributed by atoms with E-state index < -0.39 is 10.0 Å². The number of rotatable bonds is 4. The molecule has 152 valence electrons. The van der Waals surface area contributed by atoms with Crippen LogP contribution in [0.5, 0.6) is 0 Å². The number of benzene rings is 1. The molecule has 0 fully saturated rings. The topological polar surface area (TPSA) is 89.8 Å². The van der Waals surface area contributed by atoms with Crippen LogP contribution in [0.3, 0.4) is 0 Å². The second-order valence-corrected chi connectivity index (χ2v) is 9.43. The van der Waals surface area contributed by atoms with Gasteiger partial charge in [-0.2, -0.15) is 0 Å². The van der Waals surface area contributed by atoms with Crippen LogP contribution in [-0.2, 0) is 23.0 Å². The van der Waals surface area contributed by atoms with Gasteiger partial charge < -0.3 is 4.57 Å². The number of nitrogens with zero attached hydrogens (tertiary/aromatic N) is 4. The molecule has 0 saturated carbocycles. The largest absolute Gasteiger partial charge is 0.311 e. The van der Waals surface area contributed by atoms with Crippen LogP contribution in [0.4, 0.5) is 5.69 Å². The van der Waals surface area contributed by atoms with Gasteiger partial charge in [0.25, 0.3) is 10.0 Å². The molecule has 0 bridgehead atoms. The number of hydrogen-bond acceptors (Lipinski definition) is 5. The fourth-order valence-corrected chi connectivity index (χ4v) is 5.17. The fraction of sp³-hybridized carbons (Fsp3) is 0.278. The van der Waals surface area contributed by atoms with Crippen LogP contribution >= 0.6 is 34.8 Å². The smallest absolute Gasteiger partial charge is 0.264 e. The Kier molecular flexibility index (Phi) is 5.70. The van der Waals surface area contributed by atoms with Gasteiger partial charge in [0.15, 0.2) is 11.0 Å². The van der Waals surface area contributed by atoms with Crippen molar-refractivity contribution in [1.29, 1.82) is 0 Å². The minimum absolute atomic E-state index is 0.107. The molecule has 0 radical (unpaired) electrons. The van der Waals surface area contributed by atoms with Crippen LogP contribution in [0, 0.1) is 0 Å². The van der Waals surface area contributed by atoms with Crippen molar-refractivity contribution in [2.24, 2.45) is 0 Å². The van der Waals surface area contributed by atoms with E-state index in [0.717, 1.165) is 38.1 Å². The molecule has 0 spiro atoms. The summed E-state index contributed by atoms with van der Waals surface area (Å²) in [6.07, 6.45) is 4.09. The van der Waals surface area contributed by atoms with Gasteiger partial charge in [0.2, 0.25) is 0 Å². The van der Waals surface area contributed by atoms with E-state index in [9.17, 15) is 8.42 Å². The van der Waals surface area contributed by atoms with Gasteiger partial charge in [-0.1, -0.05) is 41.2 Å². The molecule has 2 aromatic heterocycles. The molecule has 0 aliphatic carbocycles. The summed E-state index contributed by atoms with van der Waals surface area (Å²) in [5.74, 6) is 1.54. The first-order chi connectivity index (χ1) is 13.8. The normalized spacial score (nSPS) is 14.3. The van der Waals surface area contributed by atoms with Gasteiger partial charge in [-0.05, 0) is 43.2 Å². The third kappa shape index (κ3) is 4.21. The Labute approximate surface area is 183 Å². The molecule has 1 aliphatic heterocycles. The number of halogens is 3. The highest BCUT2D eigenvalue weighted by Gasteiger charge is 2.22. The van der Waals surface area contributed by atoms with E-state index in [0.29, 0.717) is 22.1 Å². The van der Waals surface area contributed by atoms with Crippen LogP contribution in [0.2, 0.25) is 15.3 Å². The predicted octanol–water partition coefficient (Wildman–Crippen LogP) is 4.83. The average Bonchev–Trinajstić information content (AvgIpc) is 2.90. The van der Waals surface area contributed by atoms with Gasteiger partial charge in [-0.25, -0.2) is 13.4 Å². The van der Waals surface area contributed by atoms with E-state index in [-0.39, 0.29) is 15.2 Å². The van der Waals surface area contributed by atoms with Gasteiger partial charge in [-0.15, -0.1) is 10.2 Å². The summed E-state index contributed by atoms with van der Waals surface area (Å²) in [6, 6.07) is 7.49. The summed E-state index contributed by atoms with van der Waals surface area (Å²) in [5.41, 5.74) is 0.925. The molecule has 0 unspecified atom stereocenters. The minimum Gasteiger partial charge on any atom is -0.311 e. The lowest BCUT2D eigenvalue weighted by Crippen LogP contribution is -2.14. The van der Waals surface area contributed by atoms with Crippen molar-refractivity contribution in [3.05, 3.63) is 51.5 Å². The Morgan fingerprint density at radius 3 is 2.62 bits per heavy atom. The summed E-state index contributed by atoms with van der Waals surface area (Å²) < 4.78 is 30.1. The maximum Gasteiger partial charge on any atom is 0.264 e. The van der Waals surface area contributed by atoms with Crippen molar-refractivity contribution in [3.63, 3.8) is 0 Å².